The number of hydrogen-bond acceptors (Lipinski definition) is 7. The van der Waals surface area contributed by atoms with Crippen molar-refractivity contribution in [2.24, 2.45) is 11.8 Å². The highest BCUT2D eigenvalue weighted by atomic mass is 19.1. The van der Waals surface area contributed by atoms with E-state index in [0.29, 0.717) is 25.6 Å². The molecule has 4 aliphatic heterocycles. The molecule has 2 aliphatic carbocycles. The number of carbonyl (C=O) groups is 2. The summed E-state index contributed by atoms with van der Waals surface area (Å²) >= 11 is 0. The third kappa shape index (κ3) is 4.97. The molecule has 9 heteroatoms. The molecule has 7 atom stereocenters. The lowest BCUT2D eigenvalue weighted by molar-refractivity contribution is -0.197. The fraction of sp³-hybridized carbons (Fsp3) is 0.857. The Labute approximate surface area is 219 Å². The average Bonchev–Trinajstić information content (AvgIpc) is 2.92. The number of alkyl halides is 1. The number of morpholine rings is 2. The Hall–Kier alpha value is -1.55. The van der Waals surface area contributed by atoms with Gasteiger partial charge < -0.3 is 24.6 Å². The summed E-state index contributed by atoms with van der Waals surface area (Å²) in [6.45, 7) is 8.41. The second-order valence-electron chi connectivity index (χ2n) is 12.1. The fourth-order valence-electron chi connectivity index (χ4n) is 7.58. The molecule has 0 aromatic carbocycles. The van der Waals surface area contributed by atoms with Crippen molar-refractivity contribution < 1.29 is 23.5 Å². The minimum atomic E-state index is -1.19. The van der Waals surface area contributed by atoms with E-state index in [-0.39, 0.29) is 41.9 Å². The minimum absolute atomic E-state index is 0.0149. The zero-order valence-corrected chi connectivity index (χ0v) is 22.2. The maximum absolute atomic E-state index is 15.8. The van der Waals surface area contributed by atoms with Crippen LogP contribution in [0.5, 0.6) is 0 Å². The van der Waals surface area contributed by atoms with Gasteiger partial charge in [0.15, 0.2) is 5.78 Å². The van der Waals surface area contributed by atoms with Crippen molar-refractivity contribution in [2.75, 3.05) is 52.5 Å². The van der Waals surface area contributed by atoms with Crippen LogP contribution in [0.1, 0.15) is 51.9 Å². The van der Waals surface area contributed by atoms with E-state index in [9.17, 15) is 9.59 Å². The number of rotatable bonds is 5. The summed E-state index contributed by atoms with van der Waals surface area (Å²) in [4.78, 5) is 33.8. The van der Waals surface area contributed by atoms with Crippen molar-refractivity contribution in [3.63, 3.8) is 0 Å². The molecule has 5 fully saturated rings. The minimum Gasteiger partial charge on any atom is -0.379 e. The molecule has 206 valence electrons. The number of Topliss-reactive ketones (excluding diaryl/α,β-unsaturated/α-hetero) is 1. The van der Waals surface area contributed by atoms with E-state index in [1.807, 2.05) is 11.1 Å². The highest BCUT2D eigenvalue weighted by Gasteiger charge is 2.58. The van der Waals surface area contributed by atoms with Crippen molar-refractivity contribution in [3.05, 3.63) is 11.8 Å². The average molecular weight is 519 g/mol. The zero-order chi connectivity index (χ0) is 25.5. The summed E-state index contributed by atoms with van der Waals surface area (Å²) in [6, 6.07) is -0.507. The molecule has 37 heavy (non-hydrogen) atoms. The van der Waals surface area contributed by atoms with Gasteiger partial charge in [0, 0.05) is 51.4 Å². The summed E-state index contributed by atoms with van der Waals surface area (Å²) in [7, 11) is 0. The third-order valence-electron chi connectivity index (χ3n) is 9.79. The van der Waals surface area contributed by atoms with Gasteiger partial charge in [-0.3, -0.25) is 14.5 Å². The lowest BCUT2D eigenvalue weighted by Gasteiger charge is -2.59. The molecular weight excluding hydrogens is 475 g/mol. The van der Waals surface area contributed by atoms with Gasteiger partial charge in [0.25, 0.3) is 5.91 Å². The van der Waals surface area contributed by atoms with Gasteiger partial charge in [0.1, 0.15) is 6.17 Å². The number of carbonyl (C=O) groups excluding carboxylic acids is 2. The number of halogens is 1. The topological polar surface area (TPSA) is 74.3 Å². The van der Waals surface area contributed by atoms with Crippen LogP contribution in [0.15, 0.2) is 11.8 Å². The molecule has 8 nitrogen and oxygen atoms in total. The lowest BCUT2D eigenvalue weighted by atomic mass is 9.69. The standard InChI is InChI=1S/C28H43FN4O4/c1-18-6-9-32(10-7-18)28(35)20-17-33-22-4-2-3-5-23(22)37-27-24(21(29)16-19(25(27)33)26(20)34)30-8-11-31-12-14-36-15-13-31/h17-19,21-25,27,30H,2-16H2,1H3. The van der Waals surface area contributed by atoms with E-state index in [0.717, 1.165) is 71.4 Å². The smallest absolute Gasteiger partial charge is 0.258 e. The molecule has 0 spiro atoms. The summed E-state index contributed by atoms with van der Waals surface area (Å²) < 4.78 is 28.0. The first kappa shape index (κ1) is 25.7. The molecule has 3 saturated heterocycles. The molecule has 0 aromatic heterocycles. The Morgan fingerprint density at radius 3 is 2.65 bits per heavy atom. The molecule has 7 unspecified atom stereocenters. The predicted molar refractivity (Wildman–Crippen MR) is 137 cm³/mol. The predicted octanol–water partition coefficient (Wildman–Crippen LogP) is 1.74. The number of hydrogen-bond donors (Lipinski definition) is 1. The van der Waals surface area contributed by atoms with Crippen LogP contribution in [0.3, 0.4) is 0 Å². The van der Waals surface area contributed by atoms with Gasteiger partial charge in [-0.2, -0.15) is 0 Å². The SMILES string of the molecule is CC1CCN(C(=O)C2=CN3C4CCCCC4OC4C(NCCN5CCOCC5)C(F)CC(C2=O)C43)CC1. The van der Waals surface area contributed by atoms with Crippen LogP contribution >= 0.6 is 0 Å². The summed E-state index contributed by atoms with van der Waals surface area (Å²) in [5, 5.41) is 3.49. The van der Waals surface area contributed by atoms with Crippen LogP contribution in [-0.4, -0.2) is 115 Å². The highest BCUT2D eigenvalue weighted by molar-refractivity contribution is 6.20. The largest absolute Gasteiger partial charge is 0.379 e. The second-order valence-corrected chi connectivity index (χ2v) is 12.1. The normalized spacial score (nSPS) is 39.1. The quantitative estimate of drug-likeness (QED) is 0.556. The first-order valence-corrected chi connectivity index (χ1v) is 14.7. The van der Waals surface area contributed by atoms with Gasteiger partial charge in [-0.25, -0.2) is 4.39 Å². The second kappa shape index (κ2) is 10.9. The highest BCUT2D eigenvalue weighted by Crippen LogP contribution is 2.45. The van der Waals surface area contributed by atoms with Crippen LogP contribution in [0, 0.1) is 11.8 Å². The van der Waals surface area contributed by atoms with Crippen molar-refractivity contribution >= 4 is 11.7 Å². The first-order valence-electron chi connectivity index (χ1n) is 14.7. The number of fused-ring (bicyclic) bond motifs is 2. The Morgan fingerprint density at radius 2 is 1.86 bits per heavy atom. The van der Waals surface area contributed by atoms with Gasteiger partial charge in [0.2, 0.25) is 0 Å². The molecule has 4 heterocycles. The zero-order valence-electron chi connectivity index (χ0n) is 22.2. The summed E-state index contributed by atoms with van der Waals surface area (Å²) in [5.41, 5.74) is 0.270. The van der Waals surface area contributed by atoms with Crippen molar-refractivity contribution in [1.82, 2.24) is 20.0 Å². The molecule has 0 aromatic rings. The fourth-order valence-corrected chi connectivity index (χ4v) is 7.58. The molecule has 0 bridgehead atoms. The molecule has 0 radical (unpaired) electrons. The van der Waals surface area contributed by atoms with E-state index in [1.165, 1.54) is 0 Å². The molecular formula is C28H43FN4O4. The van der Waals surface area contributed by atoms with Crippen LogP contribution in [0.4, 0.5) is 4.39 Å². The number of amides is 1. The third-order valence-corrected chi connectivity index (χ3v) is 9.79. The number of nitrogens with one attached hydrogen (secondary N) is 1. The monoisotopic (exact) mass is 518 g/mol. The molecule has 1 N–H and O–H groups in total. The lowest BCUT2D eigenvalue weighted by Crippen LogP contribution is -2.73. The van der Waals surface area contributed by atoms with E-state index in [4.69, 9.17) is 9.47 Å². The number of ether oxygens (including phenoxy) is 2. The van der Waals surface area contributed by atoms with Gasteiger partial charge >= 0.3 is 0 Å². The Morgan fingerprint density at radius 1 is 1.11 bits per heavy atom. The van der Waals surface area contributed by atoms with Gasteiger partial charge in [-0.1, -0.05) is 19.8 Å². The van der Waals surface area contributed by atoms with E-state index < -0.39 is 24.2 Å². The molecule has 6 aliphatic rings. The van der Waals surface area contributed by atoms with Crippen LogP contribution < -0.4 is 5.32 Å². The summed E-state index contributed by atoms with van der Waals surface area (Å²) in [5.74, 6) is -0.271. The number of likely N-dealkylation sites (tertiary alicyclic amines) is 1. The maximum Gasteiger partial charge on any atom is 0.258 e. The van der Waals surface area contributed by atoms with Crippen LogP contribution in [0.25, 0.3) is 0 Å². The Kier molecular flexibility index (Phi) is 7.58. The van der Waals surface area contributed by atoms with E-state index >= 15 is 4.39 Å². The van der Waals surface area contributed by atoms with Crippen molar-refractivity contribution in [2.45, 2.75) is 88.4 Å². The number of nitrogens with zero attached hydrogens (tertiary/aromatic N) is 3. The first-order chi connectivity index (χ1) is 18.0. The van der Waals surface area contributed by atoms with Gasteiger partial charge in [-0.05, 0) is 38.0 Å². The molecule has 2 saturated carbocycles. The van der Waals surface area contributed by atoms with E-state index in [1.54, 1.807) is 0 Å². The van der Waals surface area contributed by atoms with E-state index in [2.05, 4.69) is 22.0 Å². The van der Waals surface area contributed by atoms with Gasteiger partial charge in [0.05, 0.1) is 49.1 Å². The number of piperidine rings is 1. The Balaban J connectivity index is 1.24. The Bertz CT molecular complexity index is 887. The number of ketones is 1. The molecule has 1 amide bonds. The molecule has 6 rings (SSSR count). The summed E-state index contributed by atoms with van der Waals surface area (Å²) in [6.07, 6.45) is 6.53. The maximum atomic E-state index is 15.8. The van der Waals surface area contributed by atoms with Crippen molar-refractivity contribution in [3.8, 4) is 0 Å². The van der Waals surface area contributed by atoms with Crippen LogP contribution in [-0.2, 0) is 19.1 Å². The van der Waals surface area contributed by atoms with Crippen molar-refractivity contribution in [1.29, 1.82) is 0 Å². The van der Waals surface area contributed by atoms with Crippen LogP contribution in [0.2, 0.25) is 0 Å². The van der Waals surface area contributed by atoms with Gasteiger partial charge in [-0.15, -0.1) is 0 Å².